The number of ether oxygens (including phenoxy) is 3. The number of aromatic nitrogens is 1. The molecule has 4 aromatic rings. The van der Waals surface area contributed by atoms with Gasteiger partial charge in [-0.2, -0.15) is 0 Å². The van der Waals surface area contributed by atoms with Gasteiger partial charge in [0.15, 0.2) is 0 Å². The summed E-state index contributed by atoms with van der Waals surface area (Å²) in [5.41, 5.74) is 2.68. The van der Waals surface area contributed by atoms with Crippen LogP contribution in [0.1, 0.15) is 28.4 Å². The number of rotatable bonds is 6. The van der Waals surface area contributed by atoms with Crippen LogP contribution in [0.25, 0.3) is 11.3 Å². The molecule has 0 fully saturated rings. The molecule has 2 N–H and O–H groups in total. The molecule has 186 valence electrons. The minimum Gasteiger partial charge on any atom is -0.493 e. The van der Waals surface area contributed by atoms with Crippen LogP contribution in [0.5, 0.6) is 17.2 Å². The summed E-state index contributed by atoms with van der Waals surface area (Å²) in [4.78, 5) is 28.3. The van der Waals surface area contributed by atoms with Gasteiger partial charge in [-0.1, -0.05) is 48.0 Å². The Morgan fingerprint density at radius 2 is 1.78 bits per heavy atom. The Kier molecular flexibility index (Phi) is 6.91. The van der Waals surface area contributed by atoms with E-state index in [2.05, 4.69) is 10.3 Å². The monoisotopic (exact) mass is 516 g/mol. The van der Waals surface area contributed by atoms with E-state index in [-0.39, 0.29) is 10.9 Å². The Morgan fingerprint density at radius 1 is 1.00 bits per heavy atom. The quantitative estimate of drug-likeness (QED) is 0.266. The maximum Gasteiger partial charge on any atom is 0.506 e. The molecule has 37 heavy (non-hydrogen) atoms. The first-order valence-electron chi connectivity index (χ1n) is 11.4. The van der Waals surface area contributed by atoms with Gasteiger partial charge in [0.2, 0.25) is 0 Å². The maximum absolute atomic E-state index is 12.8. The second kappa shape index (κ2) is 10.6. The van der Waals surface area contributed by atoms with Crippen molar-refractivity contribution in [3.05, 3.63) is 101 Å². The van der Waals surface area contributed by atoms with Gasteiger partial charge in [0.25, 0.3) is 5.91 Å². The number of amides is 1. The fourth-order valence-corrected chi connectivity index (χ4v) is 4.15. The van der Waals surface area contributed by atoms with Crippen LogP contribution in [0.2, 0.25) is 5.02 Å². The van der Waals surface area contributed by atoms with Crippen molar-refractivity contribution in [3.63, 3.8) is 0 Å². The Balaban J connectivity index is 1.27. The molecule has 2 heterocycles. The number of fused-ring (bicyclic) bond motifs is 1. The third kappa shape index (κ3) is 5.65. The summed E-state index contributed by atoms with van der Waals surface area (Å²) in [5.74, 6) is 1.36. The molecule has 1 atom stereocenters. The standard InChI is InChI=1S/C28H21ClN2O6/c29-21-15-20-23(37-28(33)34)13-14-35-24(20)16-25(21)36-19-11-9-18(10-12-19)27(32)31-26-8-4-7-22(30-26)17-5-2-1-3-6-17/h1-12,15-16,23H,13-14H2,(H,33,34)(H,30,31,32). The average Bonchev–Trinajstić information content (AvgIpc) is 2.90. The highest BCUT2D eigenvalue weighted by Gasteiger charge is 2.27. The Hall–Kier alpha value is -4.56. The topological polar surface area (TPSA) is 107 Å². The Labute approximate surface area is 217 Å². The van der Waals surface area contributed by atoms with Crippen molar-refractivity contribution in [1.82, 2.24) is 4.98 Å². The maximum atomic E-state index is 12.8. The van der Waals surface area contributed by atoms with Crippen molar-refractivity contribution in [2.75, 3.05) is 11.9 Å². The number of pyridine rings is 1. The zero-order valence-electron chi connectivity index (χ0n) is 19.4. The first-order valence-corrected chi connectivity index (χ1v) is 11.8. The van der Waals surface area contributed by atoms with Crippen molar-refractivity contribution in [2.45, 2.75) is 12.5 Å². The summed E-state index contributed by atoms with van der Waals surface area (Å²) in [6, 6.07) is 24.9. The number of benzene rings is 3. The normalized spacial score (nSPS) is 14.1. The van der Waals surface area contributed by atoms with Crippen molar-refractivity contribution >= 4 is 29.5 Å². The summed E-state index contributed by atoms with van der Waals surface area (Å²) in [6.45, 7) is 0.305. The molecule has 1 amide bonds. The number of hydrogen-bond donors (Lipinski definition) is 2. The summed E-state index contributed by atoms with van der Waals surface area (Å²) in [7, 11) is 0. The van der Waals surface area contributed by atoms with Crippen molar-refractivity contribution in [3.8, 4) is 28.5 Å². The predicted octanol–water partition coefficient (Wildman–Crippen LogP) is 6.96. The first-order chi connectivity index (χ1) is 18.0. The van der Waals surface area contributed by atoms with E-state index in [0.717, 1.165) is 11.3 Å². The second-order valence-corrected chi connectivity index (χ2v) is 8.59. The SMILES string of the molecule is O=C(O)OC1CCOc2cc(Oc3ccc(C(=O)Nc4cccc(-c5ccccc5)n4)cc3)c(Cl)cc21. The van der Waals surface area contributed by atoms with Gasteiger partial charge in [-0.15, -0.1) is 0 Å². The van der Waals surface area contributed by atoms with E-state index in [0.29, 0.717) is 47.2 Å². The molecule has 0 aliphatic carbocycles. The van der Waals surface area contributed by atoms with Crippen LogP contribution in [0.15, 0.2) is 84.9 Å². The predicted molar refractivity (Wildman–Crippen MR) is 138 cm³/mol. The van der Waals surface area contributed by atoms with Crippen LogP contribution >= 0.6 is 11.6 Å². The van der Waals surface area contributed by atoms with Gasteiger partial charge in [-0.05, 0) is 42.5 Å². The average molecular weight is 517 g/mol. The van der Waals surface area contributed by atoms with Crippen LogP contribution in [0, 0.1) is 0 Å². The highest BCUT2D eigenvalue weighted by atomic mass is 35.5. The molecule has 0 radical (unpaired) electrons. The number of carbonyl (C=O) groups excluding carboxylic acids is 1. The fraction of sp³-hybridized carbons (Fsp3) is 0.107. The molecular weight excluding hydrogens is 496 g/mol. The lowest BCUT2D eigenvalue weighted by Crippen LogP contribution is -2.18. The molecule has 1 unspecified atom stereocenters. The van der Waals surface area contributed by atoms with E-state index in [1.807, 2.05) is 42.5 Å². The number of carboxylic acid groups (broad SMARTS) is 1. The summed E-state index contributed by atoms with van der Waals surface area (Å²) in [5, 5.41) is 12.0. The van der Waals surface area contributed by atoms with Gasteiger partial charge in [-0.25, -0.2) is 9.78 Å². The van der Waals surface area contributed by atoms with E-state index in [4.69, 9.17) is 30.9 Å². The summed E-state index contributed by atoms with van der Waals surface area (Å²) in [6.07, 6.45) is -1.63. The van der Waals surface area contributed by atoms with Crippen LogP contribution in [-0.4, -0.2) is 28.8 Å². The molecule has 1 aromatic heterocycles. The van der Waals surface area contributed by atoms with Gasteiger partial charge in [-0.3, -0.25) is 4.79 Å². The summed E-state index contributed by atoms with van der Waals surface area (Å²) < 4.78 is 16.5. The number of carbonyl (C=O) groups is 2. The first kappa shape index (κ1) is 24.1. The fourth-order valence-electron chi connectivity index (χ4n) is 3.94. The molecule has 0 bridgehead atoms. The molecule has 9 heteroatoms. The zero-order valence-corrected chi connectivity index (χ0v) is 20.1. The van der Waals surface area contributed by atoms with Crippen molar-refractivity contribution in [2.24, 2.45) is 0 Å². The number of anilines is 1. The number of nitrogens with zero attached hydrogens (tertiary/aromatic N) is 1. The lowest BCUT2D eigenvalue weighted by Gasteiger charge is -2.25. The third-order valence-electron chi connectivity index (χ3n) is 5.70. The summed E-state index contributed by atoms with van der Waals surface area (Å²) >= 11 is 6.39. The third-order valence-corrected chi connectivity index (χ3v) is 5.99. The van der Waals surface area contributed by atoms with Gasteiger partial charge in [0.1, 0.15) is 29.2 Å². The van der Waals surface area contributed by atoms with Gasteiger partial charge >= 0.3 is 6.16 Å². The minimum absolute atomic E-state index is 0.273. The number of hydrogen-bond acceptors (Lipinski definition) is 6. The molecule has 1 aliphatic heterocycles. The zero-order chi connectivity index (χ0) is 25.8. The van der Waals surface area contributed by atoms with Gasteiger partial charge in [0.05, 0.1) is 17.3 Å². The van der Waals surface area contributed by atoms with E-state index in [9.17, 15) is 9.59 Å². The van der Waals surface area contributed by atoms with Gasteiger partial charge in [0, 0.05) is 29.2 Å². The molecule has 0 spiro atoms. The number of halogens is 1. The van der Waals surface area contributed by atoms with E-state index in [1.165, 1.54) is 0 Å². The van der Waals surface area contributed by atoms with Crippen LogP contribution < -0.4 is 14.8 Å². The molecule has 8 nitrogen and oxygen atoms in total. The molecule has 0 saturated heterocycles. The highest BCUT2D eigenvalue weighted by Crippen LogP contribution is 2.42. The molecule has 3 aromatic carbocycles. The smallest absolute Gasteiger partial charge is 0.493 e. The van der Waals surface area contributed by atoms with E-state index < -0.39 is 12.3 Å². The van der Waals surface area contributed by atoms with E-state index >= 15 is 0 Å². The molecule has 1 aliphatic rings. The van der Waals surface area contributed by atoms with Crippen LogP contribution in [0.4, 0.5) is 10.6 Å². The van der Waals surface area contributed by atoms with Crippen molar-refractivity contribution < 1.29 is 28.9 Å². The molecule has 0 saturated carbocycles. The molecular formula is C28H21ClN2O6. The minimum atomic E-state index is -1.36. The van der Waals surface area contributed by atoms with Crippen molar-refractivity contribution in [1.29, 1.82) is 0 Å². The highest BCUT2D eigenvalue weighted by molar-refractivity contribution is 6.32. The lowest BCUT2D eigenvalue weighted by molar-refractivity contribution is 0.0326. The lowest BCUT2D eigenvalue weighted by atomic mass is 10.0. The largest absolute Gasteiger partial charge is 0.506 e. The Bertz CT molecular complexity index is 1440. The molecule has 5 rings (SSSR count). The van der Waals surface area contributed by atoms with Gasteiger partial charge < -0.3 is 24.6 Å². The Morgan fingerprint density at radius 3 is 2.54 bits per heavy atom. The second-order valence-electron chi connectivity index (χ2n) is 8.18. The van der Waals surface area contributed by atoms with Crippen LogP contribution in [-0.2, 0) is 4.74 Å². The number of nitrogens with one attached hydrogen (secondary N) is 1. The van der Waals surface area contributed by atoms with Crippen LogP contribution in [0.3, 0.4) is 0 Å². The van der Waals surface area contributed by atoms with E-state index in [1.54, 1.807) is 42.5 Å².